The number of aliphatic hydroxyl groups excluding tert-OH is 2. The van der Waals surface area contributed by atoms with Gasteiger partial charge in [-0.1, -0.05) is 26.8 Å². The molecule has 3 N–H and O–H groups in total. The Balaban J connectivity index is 1.78. The molecular formula is C20H30O5. The van der Waals surface area contributed by atoms with E-state index in [4.69, 9.17) is 4.74 Å². The summed E-state index contributed by atoms with van der Waals surface area (Å²) in [4.78, 5) is 13.1. The van der Waals surface area contributed by atoms with Crippen molar-refractivity contribution in [2.24, 2.45) is 29.1 Å². The molecule has 1 saturated heterocycles. The van der Waals surface area contributed by atoms with E-state index in [-0.39, 0.29) is 23.5 Å². The third-order valence-electron chi connectivity index (χ3n) is 7.73. The van der Waals surface area contributed by atoms with Gasteiger partial charge in [0.2, 0.25) is 0 Å². The Labute approximate surface area is 149 Å². The molecule has 0 radical (unpaired) electrons. The highest BCUT2D eigenvalue weighted by Gasteiger charge is 2.66. The highest BCUT2D eigenvalue weighted by molar-refractivity contribution is 6.02. The maximum Gasteiger partial charge on any atom is 0.190 e. The van der Waals surface area contributed by atoms with Gasteiger partial charge in [0, 0.05) is 0 Å². The molecule has 5 nitrogen and oxygen atoms in total. The SMILES string of the molecule is C/C1=C\[C@@H]2[C@H](CC[C@@]3(CO3)[C@H](O)[C@H]3[C@@H](O)[C@@H](C)C[C@]3(O)C1=O)C2(C)C. The second kappa shape index (κ2) is 5.16. The number of hydrogen-bond donors (Lipinski definition) is 3. The molecule has 5 heteroatoms. The van der Waals surface area contributed by atoms with Gasteiger partial charge in [-0.3, -0.25) is 4.79 Å². The van der Waals surface area contributed by atoms with Gasteiger partial charge in [-0.05, 0) is 54.9 Å². The second-order valence-corrected chi connectivity index (χ2v) is 9.59. The van der Waals surface area contributed by atoms with Gasteiger partial charge in [-0.15, -0.1) is 0 Å². The predicted octanol–water partition coefficient (Wildman–Crippen LogP) is 1.45. The molecule has 25 heavy (non-hydrogen) atoms. The number of hydrogen-bond acceptors (Lipinski definition) is 5. The number of carbonyl (C=O) groups excluding carboxylic acids is 1. The summed E-state index contributed by atoms with van der Waals surface area (Å²) in [6, 6.07) is 0. The molecule has 0 bridgehead atoms. The van der Waals surface area contributed by atoms with Gasteiger partial charge in [0.05, 0.1) is 24.7 Å². The number of rotatable bonds is 0. The third kappa shape index (κ3) is 2.32. The lowest BCUT2D eigenvalue weighted by Crippen LogP contribution is -2.54. The lowest BCUT2D eigenvalue weighted by Gasteiger charge is -2.36. The monoisotopic (exact) mass is 350 g/mol. The Kier molecular flexibility index (Phi) is 3.64. The van der Waals surface area contributed by atoms with Crippen LogP contribution in [0.2, 0.25) is 0 Å². The molecule has 8 atom stereocenters. The van der Waals surface area contributed by atoms with Crippen molar-refractivity contribution in [1.29, 1.82) is 0 Å². The lowest BCUT2D eigenvalue weighted by molar-refractivity contribution is -0.150. The van der Waals surface area contributed by atoms with Crippen molar-refractivity contribution in [2.45, 2.75) is 70.4 Å². The summed E-state index contributed by atoms with van der Waals surface area (Å²) in [6.07, 6.45) is 1.86. The Morgan fingerprint density at radius 1 is 1.28 bits per heavy atom. The average molecular weight is 350 g/mol. The number of carbonyl (C=O) groups is 1. The minimum absolute atomic E-state index is 0.131. The fourth-order valence-electron chi connectivity index (χ4n) is 5.71. The van der Waals surface area contributed by atoms with Gasteiger partial charge < -0.3 is 20.1 Å². The Morgan fingerprint density at radius 3 is 2.52 bits per heavy atom. The van der Waals surface area contributed by atoms with Crippen LogP contribution in [-0.4, -0.2) is 51.1 Å². The maximum absolute atomic E-state index is 13.1. The maximum atomic E-state index is 13.1. The minimum Gasteiger partial charge on any atom is -0.392 e. The molecular weight excluding hydrogens is 320 g/mol. The first kappa shape index (κ1) is 17.7. The molecule has 0 aromatic heterocycles. The summed E-state index contributed by atoms with van der Waals surface area (Å²) in [5, 5.41) is 33.0. The zero-order valence-electron chi connectivity index (χ0n) is 15.5. The number of fused-ring (bicyclic) bond motifs is 2. The summed E-state index contributed by atoms with van der Waals surface area (Å²) >= 11 is 0. The molecule has 2 saturated carbocycles. The van der Waals surface area contributed by atoms with Crippen molar-refractivity contribution >= 4 is 5.78 Å². The summed E-state index contributed by atoms with van der Waals surface area (Å²) < 4.78 is 5.66. The molecule has 4 rings (SSSR count). The van der Waals surface area contributed by atoms with E-state index in [9.17, 15) is 20.1 Å². The quantitative estimate of drug-likeness (QED) is 0.575. The van der Waals surface area contributed by atoms with Crippen LogP contribution in [0.25, 0.3) is 0 Å². The zero-order chi connectivity index (χ0) is 18.4. The fraction of sp³-hybridized carbons (Fsp3) is 0.850. The second-order valence-electron chi connectivity index (χ2n) is 9.59. The molecule has 1 spiro atoms. The summed E-state index contributed by atoms with van der Waals surface area (Å²) in [5.74, 6) is -0.721. The Bertz CT molecular complexity index is 634. The van der Waals surface area contributed by atoms with Crippen LogP contribution in [0.1, 0.15) is 47.0 Å². The highest BCUT2D eigenvalue weighted by Crippen LogP contribution is 2.63. The smallest absolute Gasteiger partial charge is 0.190 e. The molecule has 140 valence electrons. The standard InChI is InChI=1S/C20H30O5/c1-10-7-13-12(18(13,3)4)5-6-19(9-25-19)17(23)14-15(21)11(2)8-20(14,24)16(10)22/h7,11-15,17,21,23-24H,5-6,8-9H2,1-4H3/b10-7+/t11-,12-,13+,14+,15-,17+,19+,20+/m0/s1. The lowest BCUT2D eigenvalue weighted by atomic mass is 9.75. The van der Waals surface area contributed by atoms with E-state index in [1.165, 1.54) is 0 Å². The number of Topliss-reactive ketones (excluding diaryl/α,β-unsaturated/α-hetero) is 1. The van der Waals surface area contributed by atoms with E-state index in [0.717, 1.165) is 6.42 Å². The highest BCUT2D eigenvalue weighted by atomic mass is 16.6. The molecule has 1 aliphatic heterocycles. The van der Waals surface area contributed by atoms with Crippen molar-refractivity contribution in [3.8, 4) is 0 Å². The van der Waals surface area contributed by atoms with Crippen LogP contribution in [0, 0.1) is 29.1 Å². The van der Waals surface area contributed by atoms with Crippen molar-refractivity contribution in [2.75, 3.05) is 6.61 Å². The van der Waals surface area contributed by atoms with E-state index in [1.54, 1.807) is 6.92 Å². The normalized spacial score (nSPS) is 56.4. The van der Waals surface area contributed by atoms with Gasteiger partial charge >= 0.3 is 0 Å². The van der Waals surface area contributed by atoms with E-state index < -0.39 is 29.3 Å². The summed E-state index contributed by atoms with van der Waals surface area (Å²) in [7, 11) is 0. The Morgan fingerprint density at radius 2 is 1.92 bits per heavy atom. The number of epoxide rings is 1. The summed E-state index contributed by atoms with van der Waals surface area (Å²) in [6.45, 7) is 8.42. The predicted molar refractivity (Wildman–Crippen MR) is 91.7 cm³/mol. The molecule has 4 aliphatic rings. The first-order valence-electron chi connectivity index (χ1n) is 9.50. The number of allylic oxidation sites excluding steroid dienone is 1. The van der Waals surface area contributed by atoms with E-state index in [1.807, 2.05) is 13.0 Å². The minimum atomic E-state index is -1.73. The van der Waals surface area contributed by atoms with Crippen LogP contribution in [0.5, 0.6) is 0 Å². The van der Waals surface area contributed by atoms with Crippen LogP contribution < -0.4 is 0 Å². The van der Waals surface area contributed by atoms with Crippen molar-refractivity contribution < 1.29 is 24.9 Å². The molecule has 0 amide bonds. The molecule has 0 aromatic carbocycles. The largest absolute Gasteiger partial charge is 0.392 e. The van der Waals surface area contributed by atoms with Gasteiger partial charge in [0.15, 0.2) is 5.78 Å². The zero-order valence-corrected chi connectivity index (χ0v) is 15.5. The summed E-state index contributed by atoms with van der Waals surface area (Å²) in [5.41, 5.74) is -1.76. The van der Waals surface area contributed by atoms with Crippen molar-refractivity contribution in [3.05, 3.63) is 11.6 Å². The van der Waals surface area contributed by atoms with E-state index in [2.05, 4.69) is 13.8 Å². The van der Waals surface area contributed by atoms with Crippen LogP contribution >= 0.6 is 0 Å². The van der Waals surface area contributed by atoms with Gasteiger partial charge in [0.1, 0.15) is 11.2 Å². The van der Waals surface area contributed by atoms with Gasteiger partial charge in [-0.2, -0.15) is 0 Å². The molecule has 3 aliphatic carbocycles. The van der Waals surface area contributed by atoms with Crippen molar-refractivity contribution in [3.63, 3.8) is 0 Å². The van der Waals surface area contributed by atoms with Gasteiger partial charge in [0.25, 0.3) is 0 Å². The first-order chi connectivity index (χ1) is 11.5. The number of aliphatic hydroxyl groups is 3. The van der Waals surface area contributed by atoms with Crippen LogP contribution in [0.15, 0.2) is 11.6 Å². The first-order valence-corrected chi connectivity index (χ1v) is 9.50. The van der Waals surface area contributed by atoms with Gasteiger partial charge in [-0.25, -0.2) is 0 Å². The van der Waals surface area contributed by atoms with Crippen LogP contribution in [0.4, 0.5) is 0 Å². The topological polar surface area (TPSA) is 90.3 Å². The molecule has 0 aromatic rings. The Hall–Kier alpha value is -0.750. The number of ether oxygens (including phenoxy) is 1. The molecule has 1 heterocycles. The average Bonchev–Trinajstić information content (AvgIpc) is 3.39. The fourth-order valence-corrected chi connectivity index (χ4v) is 5.71. The van der Waals surface area contributed by atoms with Crippen LogP contribution in [-0.2, 0) is 9.53 Å². The molecule has 0 unspecified atom stereocenters. The molecule has 3 fully saturated rings. The van der Waals surface area contributed by atoms with Crippen molar-refractivity contribution in [1.82, 2.24) is 0 Å². The number of ketones is 1. The van der Waals surface area contributed by atoms with Crippen LogP contribution in [0.3, 0.4) is 0 Å². The van der Waals surface area contributed by atoms with E-state index in [0.29, 0.717) is 30.4 Å². The van der Waals surface area contributed by atoms with E-state index >= 15 is 0 Å². The third-order valence-corrected chi connectivity index (χ3v) is 7.73.